The second kappa shape index (κ2) is 9.10. The third-order valence-electron chi connectivity index (χ3n) is 3.00. The van der Waals surface area contributed by atoms with Crippen molar-refractivity contribution in [2.24, 2.45) is 5.73 Å². The van der Waals surface area contributed by atoms with E-state index in [9.17, 15) is 9.59 Å². The molecule has 0 aliphatic rings. The van der Waals surface area contributed by atoms with Gasteiger partial charge in [-0.1, -0.05) is 30.3 Å². The van der Waals surface area contributed by atoms with Gasteiger partial charge in [0.1, 0.15) is 0 Å². The minimum atomic E-state index is -0.649. The Morgan fingerprint density at radius 1 is 1.33 bits per heavy atom. The van der Waals surface area contributed by atoms with Crippen LogP contribution in [0.1, 0.15) is 5.56 Å². The van der Waals surface area contributed by atoms with Crippen LogP contribution in [0.3, 0.4) is 0 Å². The Balaban J connectivity index is 2.40. The lowest BCUT2D eigenvalue weighted by Gasteiger charge is -2.21. The Bertz CT molecular complexity index is 451. The van der Waals surface area contributed by atoms with Crippen molar-refractivity contribution in [3.63, 3.8) is 0 Å². The van der Waals surface area contributed by atoms with E-state index in [0.717, 1.165) is 5.56 Å². The molecule has 1 aromatic rings. The zero-order valence-electron chi connectivity index (χ0n) is 12.5. The van der Waals surface area contributed by atoms with Crippen molar-refractivity contribution in [1.29, 1.82) is 0 Å². The molecule has 0 saturated carbocycles. The van der Waals surface area contributed by atoms with Crippen LogP contribution in [0, 0.1) is 0 Å². The number of likely N-dealkylation sites (N-methyl/N-ethyl adjacent to an activating group) is 1. The topological polar surface area (TPSA) is 84.7 Å². The highest BCUT2D eigenvalue weighted by Gasteiger charge is 2.20. The molecule has 6 heteroatoms. The first kappa shape index (κ1) is 17.1. The summed E-state index contributed by atoms with van der Waals surface area (Å²) in [5, 5.41) is 2.66. The van der Waals surface area contributed by atoms with Crippen LogP contribution in [0.5, 0.6) is 0 Å². The summed E-state index contributed by atoms with van der Waals surface area (Å²) < 4.78 is 4.83. The molecule has 0 heterocycles. The van der Waals surface area contributed by atoms with Crippen molar-refractivity contribution >= 4 is 11.8 Å². The number of nitrogens with one attached hydrogen (secondary N) is 1. The maximum Gasteiger partial charge on any atom is 0.240 e. The quantitative estimate of drug-likeness (QED) is 0.649. The van der Waals surface area contributed by atoms with Gasteiger partial charge >= 0.3 is 0 Å². The monoisotopic (exact) mass is 293 g/mol. The van der Waals surface area contributed by atoms with Gasteiger partial charge < -0.3 is 20.7 Å². The van der Waals surface area contributed by atoms with Crippen molar-refractivity contribution < 1.29 is 14.3 Å². The molecule has 0 bridgehead atoms. The number of amides is 2. The molecule has 21 heavy (non-hydrogen) atoms. The number of nitrogens with two attached hydrogens (primary N) is 1. The molecule has 6 nitrogen and oxygen atoms in total. The SMILES string of the molecule is COCCNC(=O)CN(C)C(=O)[C@H](N)Cc1ccccc1. The average Bonchev–Trinajstić information content (AvgIpc) is 2.47. The van der Waals surface area contributed by atoms with E-state index >= 15 is 0 Å². The van der Waals surface area contributed by atoms with E-state index in [4.69, 9.17) is 10.5 Å². The Labute approximate surface area is 125 Å². The summed E-state index contributed by atoms with van der Waals surface area (Å²) in [4.78, 5) is 25.1. The maximum absolute atomic E-state index is 12.1. The van der Waals surface area contributed by atoms with E-state index < -0.39 is 6.04 Å². The van der Waals surface area contributed by atoms with Crippen molar-refractivity contribution in [3.05, 3.63) is 35.9 Å². The molecule has 0 aliphatic heterocycles. The normalized spacial score (nSPS) is 11.8. The minimum Gasteiger partial charge on any atom is -0.383 e. The lowest BCUT2D eigenvalue weighted by atomic mass is 10.1. The Kier molecular flexibility index (Phi) is 7.42. The van der Waals surface area contributed by atoms with Crippen molar-refractivity contribution in [3.8, 4) is 0 Å². The fourth-order valence-corrected chi connectivity index (χ4v) is 1.88. The predicted octanol–water partition coefficient (Wildman–Crippen LogP) is -0.223. The van der Waals surface area contributed by atoms with Crippen LogP contribution in [0.25, 0.3) is 0 Å². The van der Waals surface area contributed by atoms with Crippen LogP contribution in [-0.2, 0) is 20.7 Å². The molecule has 1 atom stereocenters. The van der Waals surface area contributed by atoms with E-state index in [2.05, 4.69) is 5.32 Å². The highest BCUT2D eigenvalue weighted by molar-refractivity contribution is 5.87. The first-order valence-corrected chi connectivity index (χ1v) is 6.84. The molecule has 1 aromatic carbocycles. The molecule has 0 saturated heterocycles. The summed E-state index contributed by atoms with van der Waals surface area (Å²) in [6.45, 7) is 0.857. The average molecular weight is 293 g/mol. The first-order valence-electron chi connectivity index (χ1n) is 6.84. The van der Waals surface area contributed by atoms with Gasteiger partial charge in [-0.25, -0.2) is 0 Å². The molecule has 0 unspecified atom stereocenters. The second-order valence-electron chi connectivity index (χ2n) is 4.83. The number of hydrogen-bond donors (Lipinski definition) is 2. The Morgan fingerprint density at radius 2 is 2.00 bits per heavy atom. The van der Waals surface area contributed by atoms with E-state index in [-0.39, 0.29) is 18.4 Å². The van der Waals surface area contributed by atoms with E-state index in [1.165, 1.54) is 4.90 Å². The van der Waals surface area contributed by atoms with Gasteiger partial charge in [-0.15, -0.1) is 0 Å². The van der Waals surface area contributed by atoms with Gasteiger partial charge in [0.15, 0.2) is 0 Å². The van der Waals surface area contributed by atoms with Gasteiger partial charge in [-0.2, -0.15) is 0 Å². The smallest absolute Gasteiger partial charge is 0.240 e. The number of methoxy groups -OCH3 is 1. The summed E-state index contributed by atoms with van der Waals surface area (Å²) >= 11 is 0. The fraction of sp³-hybridized carbons (Fsp3) is 0.467. The Morgan fingerprint density at radius 3 is 2.62 bits per heavy atom. The molecule has 116 valence electrons. The van der Waals surface area contributed by atoms with Gasteiger partial charge in [-0.05, 0) is 12.0 Å². The molecule has 0 aliphatic carbocycles. The van der Waals surface area contributed by atoms with E-state index in [1.807, 2.05) is 30.3 Å². The van der Waals surface area contributed by atoms with Crippen molar-refractivity contribution in [2.45, 2.75) is 12.5 Å². The number of carbonyl (C=O) groups is 2. The Hall–Kier alpha value is -1.92. The molecule has 2 amide bonds. The number of benzene rings is 1. The number of nitrogens with zero attached hydrogens (tertiary/aromatic N) is 1. The largest absolute Gasteiger partial charge is 0.383 e. The van der Waals surface area contributed by atoms with Crippen molar-refractivity contribution in [2.75, 3.05) is 33.9 Å². The van der Waals surface area contributed by atoms with Gasteiger partial charge in [0.25, 0.3) is 0 Å². The summed E-state index contributed by atoms with van der Waals surface area (Å²) in [6.07, 6.45) is 0.454. The highest BCUT2D eigenvalue weighted by Crippen LogP contribution is 2.03. The van der Waals surface area contributed by atoms with Crippen LogP contribution in [0.4, 0.5) is 0 Å². The lowest BCUT2D eigenvalue weighted by Crippen LogP contribution is -2.47. The number of carbonyl (C=O) groups excluding carboxylic acids is 2. The fourth-order valence-electron chi connectivity index (χ4n) is 1.88. The molecular weight excluding hydrogens is 270 g/mol. The molecule has 0 spiro atoms. The molecular formula is C15H23N3O3. The highest BCUT2D eigenvalue weighted by atomic mass is 16.5. The van der Waals surface area contributed by atoms with Crippen molar-refractivity contribution in [1.82, 2.24) is 10.2 Å². The summed E-state index contributed by atoms with van der Waals surface area (Å²) in [7, 11) is 3.13. The zero-order valence-corrected chi connectivity index (χ0v) is 12.5. The van der Waals surface area contributed by atoms with Crippen LogP contribution >= 0.6 is 0 Å². The molecule has 0 aromatic heterocycles. The van der Waals surface area contributed by atoms with Gasteiger partial charge in [0, 0.05) is 20.7 Å². The lowest BCUT2D eigenvalue weighted by molar-refractivity contribution is -0.135. The van der Waals surface area contributed by atoms with Gasteiger partial charge in [0.05, 0.1) is 19.2 Å². The minimum absolute atomic E-state index is 0.00889. The molecule has 0 fully saturated rings. The number of ether oxygens (including phenoxy) is 1. The van der Waals surface area contributed by atoms with Crippen LogP contribution in [0.2, 0.25) is 0 Å². The number of rotatable bonds is 8. The summed E-state index contributed by atoms with van der Waals surface area (Å²) in [5.41, 5.74) is 6.90. The molecule has 0 radical (unpaired) electrons. The van der Waals surface area contributed by atoms with Crippen LogP contribution in [-0.4, -0.2) is 56.6 Å². The van der Waals surface area contributed by atoms with Crippen LogP contribution in [0.15, 0.2) is 30.3 Å². The van der Waals surface area contributed by atoms with Crippen LogP contribution < -0.4 is 11.1 Å². The number of hydrogen-bond acceptors (Lipinski definition) is 4. The second-order valence-corrected chi connectivity index (χ2v) is 4.83. The zero-order chi connectivity index (χ0) is 15.7. The standard InChI is InChI=1S/C15H23N3O3/c1-18(11-14(19)17-8-9-21-2)15(20)13(16)10-12-6-4-3-5-7-12/h3-7,13H,8-11,16H2,1-2H3,(H,17,19)/t13-/m1/s1. The maximum atomic E-state index is 12.1. The van der Waals surface area contributed by atoms with Gasteiger partial charge in [-0.3, -0.25) is 9.59 Å². The van der Waals surface area contributed by atoms with Gasteiger partial charge in [0.2, 0.25) is 11.8 Å². The predicted molar refractivity (Wildman–Crippen MR) is 80.6 cm³/mol. The van der Waals surface area contributed by atoms with E-state index in [1.54, 1.807) is 14.2 Å². The molecule has 3 N–H and O–H groups in total. The van der Waals surface area contributed by atoms with E-state index in [0.29, 0.717) is 19.6 Å². The summed E-state index contributed by atoms with van der Waals surface area (Å²) in [6, 6.07) is 8.91. The summed E-state index contributed by atoms with van der Waals surface area (Å²) in [5.74, 6) is -0.476. The third-order valence-corrected chi connectivity index (χ3v) is 3.00. The third kappa shape index (κ3) is 6.37. The molecule has 1 rings (SSSR count). The first-order chi connectivity index (χ1) is 10.0.